The average Bonchev–Trinajstić information content (AvgIpc) is 2.74. The number of carbonyl (C=O) groups is 1. The minimum absolute atomic E-state index is 0.0306. The van der Waals surface area contributed by atoms with E-state index in [0.717, 1.165) is 6.21 Å². The maximum Gasteiger partial charge on any atom is 0.398 e. The van der Waals surface area contributed by atoms with Crippen molar-refractivity contribution in [3.63, 3.8) is 0 Å². The van der Waals surface area contributed by atoms with Crippen LogP contribution in [0.15, 0.2) is 27.8 Å². The average molecular weight is 549 g/mol. The summed E-state index contributed by atoms with van der Waals surface area (Å²) in [5.74, 6) is -2.44. The summed E-state index contributed by atoms with van der Waals surface area (Å²) in [6.45, 7) is 4.10. The molecule has 1 aromatic carbocycles. The Bertz CT molecular complexity index is 1040. The molecule has 0 aliphatic carbocycles. The molecule has 0 bridgehead atoms. The number of halogens is 5. The highest BCUT2D eigenvalue weighted by Crippen LogP contribution is 2.37. The summed E-state index contributed by atoms with van der Waals surface area (Å²) in [5, 5.41) is 2.29. The summed E-state index contributed by atoms with van der Waals surface area (Å²) < 4.78 is 65.3. The third kappa shape index (κ3) is 6.81. The fourth-order valence-corrected chi connectivity index (χ4v) is 3.70. The number of aryl methyl sites for hydroxylation is 1. The van der Waals surface area contributed by atoms with Crippen LogP contribution in [0.3, 0.4) is 0 Å². The molecule has 0 aliphatic heterocycles. The van der Waals surface area contributed by atoms with Gasteiger partial charge >= 0.3 is 6.18 Å². The summed E-state index contributed by atoms with van der Waals surface area (Å²) in [7, 11) is 1.31. The molecule has 1 amide bonds. The molecule has 186 valence electrons. The van der Waals surface area contributed by atoms with Gasteiger partial charge < -0.3 is 20.5 Å². The third-order valence-electron chi connectivity index (χ3n) is 4.72. The summed E-state index contributed by atoms with van der Waals surface area (Å²) in [6, 6.07) is 3.84. The molecule has 0 radical (unpaired) electrons. The molecule has 3 N–H and O–H groups in total. The first-order chi connectivity index (χ1) is 15.9. The molecule has 2 rings (SSSR count). The quantitative estimate of drug-likeness (QED) is 0.152. The fraction of sp³-hybridized carbons (Fsp3) is 0.409. The highest BCUT2D eigenvalue weighted by Gasteiger charge is 2.42. The van der Waals surface area contributed by atoms with E-state index in [9.17, 15) is 22.4 Å². The molecule has 2 aromatic rings. The van der Waals surface area contributed by atoms with Crippen molar-refractivity contribution in [1.82, 2.24) is 10.3 Å². The van der Waals surface area contributed by atoms with E-state index in [1.54, 1.807) is 13.8 Å². The minimum Gasteiger partial charge on any atom is -0.495 e. The number of anilines is 1. The molecule has 0 saturated heterocycles. The van der Waals surface area contributed by atoms with E-state index in [4.69, 9.17) is 15.2 Å². The number of ether oxygens (including phenoxy) is 2. The van der Waals surface area contributed by atoms with Gasteiger partial charge in [-0.25, -0.2) is 9.37 Å². The van der Waals surface area contributed by atoms with Crippen LogP contribution in [0, 0.1) is 6.92 Å². The van der Waals surface area contributed by atoms with Gasteiger partial charge in [0.05, 0.1) is 25.1 Å². The van der Waals surface area contributed by atoms with Crippen LogP contribution in [0.2, 0.25) is 0 Å². The number of benzene rings is 1. The van der Waals surface area contributed by atoms with Gasteiger partial charge in [-0.3, -0.25) is 9.79 Å². The minimum atomic E-state index is -4.69. The van der Waals surface area contributed by atoms with Crippen molar-refractivity contribution in [2.45, 2.75) is 39.2 Å². The zero-order valence-electron chi connectivity index (χ0n) is 19.0. The Morgan fingerprint density at radius 3 is 2.56 bits per heavy atom. The Balaban J connectivity index is 2.34. The maximum absolute atomic E-state index is 13.9. The molecule has 0 saturated carbocycles. The number of nitrogens with two attached hydrogens (primary N) is 1. The van der Waals surface area contributed by atoms with Crippen molar-refractivity contribution in [2.24, 2.45) is 4.99 Å². The lowest BCUT2D eigenvalue weighted by Crippen LogP contribution is -2.35. The van der Waals surface area contributed by atoms with Crippen molar-refractivity contribution >= 4 is 33.7 Å². The topological polar surface area (TPSA) is 98.8 Å². The normalized spacial score (nSPS) is 13.6. The second-order valence-corrected chi connectivity index (χ2v) is 8.01. The Morgan fingerprint density at radius 1 is 1.35 bits per heavy atom. The van der Waals surface area contributed by atoms with Crippen LogP contribution in [0.25, 0.3) is 0 Å². The predicted octanol–water partition coefficient (Wildman–Crippen LogP) is 4.95. The Labute approximate surface area is 202 Å². The van der Waals surface area contributed by atoms with E-state index in [0.29, 0.717) is 17.9 Å². The van der Waals surface area contributed by atoms with Crippen molar-refractivity contribution in [3.05, 3.63) is 45.2 Å². The number of hydrogen-bond donors (Lipinski definition) is 2. The summed E-state index contributed by atoms with van der Waals surface area (Å²) >= 11 is 3.15. The second-order valence-electron chi connectivity index (χ2n) is 7.25. The van der Waals surface area contributed by atoms with Gasteiger partial charge in [-0.15, -0.1) is 0 Å². The first-order valence-electron chi connectivity index (χ1n) is 10.2. The van der Waals surface area contributed by atoms with Gasteiger partial charge in [-0.2, -0.15) is 13.2 Å². The standard InChI is InChI=1S/C22H25BrF4N4O3/c1-5-34-19-11(2)6-16(31-20(19)23)15(22(25,26)27)10-30-21(32)13-7-14(9-29-12(3)24)18(28)17(8-13)33-4/h6-9,12,15H,5,10,28H2,1-4H3,(H,30,32)/b29-9+. The van der Waals surface area contributed by atoms with Crippen LogP contribution >= 0.6 is 15.9 Å². The van der Waals surface area contributed by atoms with Crippen LogP contribution in [-0.4, -0.2) is 49.8 Å². The lowest BCUT2D eigenvalue weighted by Gasteiger charge is -2.22. The van der Waals surface area contributed by atoms with E-state index in [1.807, 2.05) is 0 Å². The SMILES string of the molecule is CCOc1c(C)cc(C(CNC(=O)c2cc(/C=N/C(C)F)c(N)c(OC)c2)C(F)(F)F)nc1Br. The van der Waals surface area contributed by atoms with Gasteiger partial charge in [0.15, 0.2) is 12.0 Å². The number of aliphatic imine (C=N–C) groups is 1. The number of carbonyl (C=O) groups excluding carboxylic acids is 1. The molecular formula is C22H25BrF4N4O3. The number of methoxy groups -OCH3 is 1. The van der Waals surface area contributed by atoms with Gasteiger partial charge in [-0.1, -0.05) is 0 Å². The van der Waals surface area contributed by atoms with Crippen LogP contribution in [0.5, 0.6) is 11.5 Å². The first kappa shape index (κ1) is 27.4. The number of alkyl halides is 4. The van der Waals surface area contributed by atoms with Gasteiger partial charge in [0.1, 0.15) is 16.3 Å². The Kier molecular flexibility index (Phi) is 9.25. The zero-order chi connectivity index (χ0) is 25.6. The molecule has 12 heteroatoms. The van der Waals surface area contributed by atoms with Crippen LogP contribution in [0.4, 0.5) is 23.2 Å². The van der Waals surface area contributed by atoms with E-state index < -0.39 is 30.8 Å². The smallest absolute Gasteiger partial charge is 0.398 e. The van der Waals surface area contributed by atoms with Gasteiger partial charge in [0.25, 0.3) is 5.91 Å². The number of aromatic nitrogens is 1. The van der Waals surface area contributed by atoms with Crippen molar-refractivity contribution < 1.29 is 31.8 Å². The summed E-state index contributed by atoms with van der Waals surface area (Å²) in [6.07, 6.45) is -5.07. The van der Waals surface area contributed by atoms with Crippen molar-refractivity contribution in [3.8, 4) is 11.5 Å². The van der Waals surface area contributed by atoms with E-state index >= 15 is 0 Å². The number of pyridine rings is 1. The molecule has 1 heterocycles. The number of nitrogens with zero attached hydrogens (tertiary/aromatic N) is 2. The molecule has 34 heavy (non-hydrogen) atoms. The van der Waals surface area contributed by atoms with E-state index in [1.165, 1.54) is 32.2 Å². The molecule has 0 fully saturated rings. The summed E-state index contributed by atoms with van der Waals surface area (Å²) in [4.78, 5) is 20.3. The molecule has 2 unspecified atom stereocenters. The van der Waals surface area contributed by atoms with Crippen LogP contribution < -0.4 is 20.5 Å². The van der Waals surface area contributed by atoms with E-state index in [-0.39, 0.29) is 32.9 Å². The van der Waals surface area contributed by atoms with Crippen molar-refractivity contribution in [1.29, 1.82) is 0 Å². The molecular weight excluding hydrogens is 524 g/mol. The fourth-order valence-electron chi connectivity index (χ4n) is 3.07. The molecule has 1 aromatic heterocycles. The summed E-state index contributed by atoms with van der Waals surface area (Å²) in [5.41, 5.74) is 6.38. The number of hydrogen-bond acceptors (Lipinski definition) is 6. The number of nitrogen functional groups attached to an aromatic ring is 1. The van der Waals surface area contributed by atoms with Gasteiger partial charge in [0.2, 0.25) is 0 Å². The molecule has 0 spiro atoms. The number of amides is 1. The van der Waals surface area contributed by atoms with Crippen LogP contribution in [-0.2, 0) is 0 Å². The Hall–Kier alpha value is -2.89. The first-order valence-corrected chi connectivity index (χ1v) is 11.0. The Morgan fingerprint density at radius 2 is 2.03 bits per heavy atom. The maximum atomic E-state index is 13.9. The van der Waals surface area contributed by atoms with Gasteiger partial charge in [-0.05, 0) is 60.5 Å². The lowest BCUT2D eigenvalue weighted by atomic mass is 10.0. The van der Waals surface area contributed by atoms with E-state index in [2.05, 4.69) is 31.2 Å². The van der Waals surface area contributed by atoms with Gasteiger partial charge in [0, 0.05) is 23.9 Å². The predicted molar refractivity (Wildman–Crippen MR) is 125 cm³/mol. The van der Waals surface area contributed by atoms with Crippen LogP contribution in [0.1, 0.15) is 46.9 Å². The molecule has 0 aliphatic rings. The van der Waals surface area contributed by atoms with Crippen molar-refractivity contribution in [2.75, 3.05) is 26.0 Å². The highest BCUT2D eigenvalue weighted by atomic mass is 79.9. The number of rotatable bonds is 9. The monoisotopic (exact) mass is 548 g/mol. The zero-order valence-corrected chi connectivity index (χ0v) is 20.6. The highest BCUT2D eigenvalue weighted by molar-refractivity contribution is 9.10. The largest absolute Gasteiger partial charge is 0.495 e. The molecule has 7 nitrogen and oxygen atoms in total. The lowest BCUT2D eigenvalue weighted by molar-refractivity contribution is -0.149. The number of nitrogens with one attached hydrogen (secondary N) is 1. The second kappa shape index (κ2) is 11.5. The molecule has 2 atom stereocenters. The third-order valence-corrected chi connectivity index (χ3v) is 5.26.